The van der Waals surface area contributed by atoms with Crippen LogP contribution in [-0.2, 0) is 4.79 Å². The third kappa shape index (κ3) is 1.38. The summed E-state index contributed by atoms with van der Waals surface area (Å²) in [5, 5.41) is 8.98. The Balaban J connectivity index is 2.70. The molecule has 1 heterocycles. The van der Waals surface area contributed by atoms with Gasteiger partial charge in [0.05, 0.1) is 6.54 Å². The molecule has 0 saturated carbocycles. The maximum absolute atomic E-state index is 12.0. The molecule has 1 fully saturated rings. The molecule has 1 saturated heterocycles. The van der Waals surface area contributed by atoms with Crippen LogP contribution in [0.25, 0.3) is 0 Å². The highest BCUT2D eigenvalue weighted by atomic mass is 19.4. The highest BCUT2D eigenvalue weighted by molar-refractivity contribution is 5.49. The van der Waals surface area contributed by atoms with E-state index in [0.717, 1.165) is 4.90 Å². The molecule has 1 aliphatic rings. The van der Waals surface area contributed by atoms with E-state index in [0.29, 0.717) is 0 Å². The zero-order valence-corrected chi connectivity index (χ0v) is 6.06. The van der Waals surface area contributed by atoms with E-state index in [1.54, 1.807) is 0 Å². The van der Waals surface area contributed by atoms with Gasteiger partial charge in [0.2, 0.25) is 0 Å². The molecule has 1 amide bonds. The minimum atomic E-state index is -4.67. The number of amides is 1. The quantitative estimate of drug-likeness (QED) is 0.622. The lowest BCUT2D eigenvalue weighted by molar-refractivity contribution is -0.253. The van der Waals surface area contributed by atoms with Crippen LogP contribution in [0.15, 0.2) is 0 Å². The zero-order valence-electron chi connectivity index (χ0n) is 6.06. The second-order valence-corrected chi connectivity index (χ2v) is 2.79. The van der Waals surface area contributed by atoms with Crippen LogP contribution in [0.1, 0.15) is 6.42 Å². The molecule has 12 heavy (non-hydrogen) atoms. The monoisotopic (exact) mass is 182 g/mol. The minimum Gasteiger partial charge on any atom is -0.379 e. The lowest BCUT2D eigenvalue weighted by atomic mass is 10.0. The molecule has 0 spiro atoms. The van der Waals surface area contributed by atoms with E-state index in [1.165, 1.54) is 6.41 Å². The van der Waals surface area contributed by atoms with Crippen molar-refractivity contribution in [2.75, 3.05) is 13.1 Å². The summed E-state index contributed by atoms with van der Waals surface area (Å²) in [6.07, 6.45) is -3.82. The lowest BCUT2D eigenvalue weighted by Crippen LogP contribution is -2.47. The summed E-state index contributed by atoms with van der Waals surface area (Å²) in [5.74, 6) is 0. The molecule has 0 aromatic rings. The average Bonchev–Trinajstić information content (AvgIpc) is 2.31. The first-order chi connectivity index (χ1) is 5.39. The van der Waals surface area contributed by atoms with E-state index in [9.17, 15) is 18.0 Å². The molecule has 1 radical (unpaired) electrons. The van der Waals surface area contributed by atoms with E-state index in [2.05, 4.69) is 0 Å². The maximum Gasteiger partial charge on any atom is 0.419 e. The van der Waals surface area contributed by atoms with Crippen LogP contribution in [0.3, 0.4) is 0 Å². The van der Waals surface area contributed by atoms with E-state index in [4.69, 9.17) is 5.11 Å². The van der Waals surface area contributed by atoms with Gasteiger partial charge in [0, 0.05) is 13.0 Å². The number of rotatable bonds is 1. The van der Waals surface area contributed by atoms with Crippen molar-refractivity contribution in [3.05, 3.63) is 0 Å². The van der Waals surface area contributed by atoms with Crippen molar-refractivity contribution in [1.82, 2.24) is 4.90 Å². The van der Waals surface area contributed by atoms with Gasteiger partial charge in [0.1, 0.15) is 0 Å². The summed E-state index contributed by atoms with van der Waals surface area (Å²) in [7, 11) is 0. The SMILES string of the molecule is O=[C]N1CCC(O)(C(F)(F)F)C1. The maximum atomic E-state index is 12.0. The second kappa shape index (κ2) is 2.62. The summed E-state index contributed by atoms with van der Waals surface area (Å²) in [4.78, 5) is 10.7. The summed E-state index contributed by atoms with van der Waals surface area (Å²) in [6.45, 7) is -0.806. The molecule has 1 unspecified atom stereocenters. The van der Waals surface area contributed by atoms with Crippen molar-refractivity contribution in [2.24, 2.45) is 0 Å². The Morgan fingerprint density at radius 1 is 1.50 bits per heavy atom. The van der Waals surface area contributed by atoms with Crippen LogP contribution in [0.2, 0.25) is 0 Å². The highest BCUT2D eigenvalue weighted by Gasteiger charge is 2.57. The predicted molar refractivity (Wildman–Crippen MR) is 32.9 cm³/mol. The molecule has 6 heteroatoms. The van der Waals surface area contributed by atoms with Crippen molar-refractivity contribution < 1.29 is 23.1 Å². The number of halogens is 3. The standard InChI is InChI=1S/C6H7F3NO2/c7-6(8,9)5(12)1-2-10(3-5)4-11/h12H,1-3H2. The van der Waals surface area contributed by atoms with E-state index < -0.39 is 24.7 Å². The molecule has 1 N–H and O–H groups in total. The van der Waals surface area contributed by atoms with Gasteiger partial charge in [0.25, 0.3) is 0 Å². The molecule has 1 aliphatic heterocycles. The van der Waals surface area contributed by atoms with Crippen LogP contribution >= 0.6 is 0 Å². The van der Waals surface area contributed by atoms with Crippen LogP contribution in [-0.4, -0.2) is 41.3 Å². The minimum absolute atomic E-state index is 0.0977. The lowest BCUT2D eigenvalue weighted by Gasteiger charge is -2.24. The number of hydrogen-bond donors (Lipinski definition) is 1. The number of carbonyl (C=O) groups excluding carboxylic acids is 1. The van der Waals surface area contributed by atoms with Crippen LogP contribution in [0.5, 0.6) is 0 Å². The Morgan fingerprint density at radius 2 is 2.08 bits per heavy atom. The second-order valence-electron chi connectivity index (χ2n) is 2.79. The third-order valence-electron chi connectivity index (χ3n) is 1.90. The molecule has 3 nitrogen and oxygen atoms in total. The first-order valence-electron chi connectivity index (χ1n) is 3.31. The molecule has 0 aliphatic carbocycles. The van der Waals surface area contributed by atoms with Gasteiger partial charge >= 0.3 is 12.6 Å². The molecule has 0 aromatic heterocycles. The first-order valence-corrected chi connectivity index (χ1v) is 3.31. The van der Waals surface area contributed by atoms with Crippen molar-refractivity contribution in [3.63, 3.8) is 0 Å². The predicted octanol–water partition coefficient (Wildman–Crippen LogP) is 0.0527. The fourth-order valence-corrected chi connectivity index (χ4v) is 1.10. The Labute approximate surface area is 66.8 Å². The average molecular weight is 182 g/mol. The smallest absolute Gasteiger partial charge is 0.379 e. The number of hydrogen-bond acceptors (Lipinski definition) is 2. The zero-order chi connectivity index (χ0) is 9.41. The number of alkyl halides is 3. The Kier molecular flexibility index (Phi) is 2.03. The van der Waals surface area contributed by atoms with E-state index in [-0.39, 0.29) is 6.54 Å². The van der Waals surface area contributed by atoms with E-state index in [1.807, 2.05) is 0 Å². The molecule has 1 rings (SSSR count). The van der Waals surface area contributed by atoms with Crippen LogP contribution < -0.4 is 0 Å². The Hall–Kier alpha value is -0.780. The fraction of sp³-hybridized carbons (Fsp3) is 0.833. The van der Waals surface area contributed by atoms with Gasteiger partial charge in [0.15, 0.2) is 5.60 Å². The summed E-state index contributed by atoms with van der Waals surface area (Å²) < 4.78 is 36.1. The molecular weight excluding hydrogens is 175 g/mol. The fourth-order valence-electron chi connectivity index (χ4n) is 1.10. The van der Waals surface area contributed by atoms with Gasteiger partial charge in [-0.15, -0.1) is 0 Å². The topological polar surface area (TPSA) is 40.5 Å². The number of nitrogens with zero attached hydrogens (tertiary/aromatic N) is 1. The summed E-state index contributed by atoms with van der Waals surface area (Å²) in [5.41, 5.74) is -2.73. The molecule has 1 atom stereocenters. The van der Waals surface area contributed by atoms with Gasteiger partial charge in [-0.2, -0.15) is 13.2 Å². The molecule has 0 aromatic carbocycles. The van der Waals surface area contributed by atoms with Gasteiger partial charge in [-0.3, -0.25) is 4.79 Å². The highest BCUT2D eigenvalue weighted by Crippen LogP contribution is 2.36. The van der Waals surface area contributed by atoms with Gasteiger partial charge < -0.3 is 10.0 Å². The van der Waals surface area contributed by atoms with Crippen LogP contribution in [0, 0.1) is 0 Å². The first kappa shape index (κ1) is 9.31. The Bertz CT molecular complexity index is 194. The molecule has 0 bridgehead atoms. The number of likely N-dealkylation sites (tertiary alicyclic amines) is 1. The van der Waals surface area contributed by atoms with Gasteiger partial charge in [-0.1, -0.05) is 0 Å². The Morgan fingerprint density at radius 3 is 2.33 bits per heavy atom. The normalized spacial score (nSPS) is 30.8. The number of β-amino-alcohol motifs (C(OH)–C–C–N with tert-alkyl or cyclic N) is 1. The third-order valence-corrected chi connectivity index (χ3v) is 1.90. The van der Waals surface area contributed by atoms with Gasteiger partial charge in [-0.25, -0.2) is 0 Å². The summed E-state index contributed by atoms with van der Waals surface area (Å²) in [6, 6.07) is 0. The van der Waals surface area contributed by atoms with Gasteiger partial charge in [-0.05, 0) is 0 Å². The van der Waals surface area contributed by atoms with Crippen molar-refractivity contribution in [2.45, 2.75) is 18.2 Å². The van der Waals surface area contributed by atoms with Crippen molar-refractivity contribution >= 4 is 6.41 Å². The molecular formula is C6H7F3NO2. The molecule has 69 valence electrons. The number of aliphatic hydroxyl groups is 1. The van der Waals surface area contributed by atoms with Crippen LogP contribution in [0.4, 0.5) is 13.2 Å². The summed E-state index contributed by atoms with van der Waals surface area (Å²) >= 11 is 0. The van der Waals surface area contributed by atoms with Crippen molar-refractivity contribution in [1.29, 1.82) is 0 Å². The van der Waals surface area contributed by atoms with Crippen molar-refractivity contribution in [3.8, 4) is 0 Å². The van der Waals surface area contributed by atoms with E-state index >= 15 is 0 Å². The largest absolute Gasteiger partial charge is 0.419 e.